The van der Waals surface area contributed by atoms with E-state index in [1.807, 2.05) is 18.2 Å². The van der Waals surface area contributed by atoms with Gasteiger partial charge in [-0.05, 0) is 12.1 Å². The Bertz CT molecular complexity index is 91.8. The quantitative estimate of drug-likeness (QED) is 0.541. The van der Waals surface area contributed by atoms with Gasteiger partial charge in [-0.1, -0.05) is 6.07 Å². The summed E-state index contributed by atoms with van der Waals surface area (Å²) in [4.78, 5) is 3.78. The molecule has 0 N–H and O–H groups in total. The molecule has 2 heteroatoms. The molecule has 0 aliphatic rings. The zero-order valence-corrected chi connectivity index (χ0v) is 6.64. The average molecular weight is 168 g/mol. The second-order valence-electron chi connectivity index (χ2n) is 1.34. The van der Waals surface area contributed by atoms with Crippen LogP contribution in [0.15, 0.2) is 30.6 Å². The minimum atomic E-state index is 1.62. The van der Waals surface area contributed by atoms with Crippen LogP contribution in [-0.2, 0) is 14.4 Å². The van der Waals surface area contributed by atoms with E-state index in [9.17, 15) is 0 Å². The SMILES string of the molecule is [CH3][Ni][CH3].c1ccncc1. The van der Waals surface area contributed by atoms with E-state index in [2.05, 4.69) is 16.8 Å². The van der Waals surface area contributed by atoms with Gasteiger partial charge < -0.3 is 0 Å². The van der Waals surface area contributed by atoms with E-state index in [0.717, 1.165) is 0 Å². The van der Waals surface area contributed by atoms with Gasteiger partial charge >= 0.3 is 26.2 Å². The number of aromatic nitrogens is 1. The molecular formula is C7H11NNi. The van der Waals surface area contributed by atoms with E-state index in [1.54, 1.807) is 26.8 Å². The molecule has 1 aromatic heterocycles. The molecule has 0 spiro atoms. The molecule has 0 aliphatic carbocycles. The zero-order chi connectivity index (χ0) is 6.95. The van der Waals surface area contributed by atoms with Gasteiger partial charge in [-0.15, -0.1) is 0 Å². The summed E-state index contributed by atoms with van der Waals surface area (Å²) in [6, 6.07) is 5.72. The van der Waals surface area contributed by atoms with Gasteiger partial charge in [0.05, 0.1) is 0 Å². The Kier molecular flexibility index (Phi) is 7.34. The van der Waals surface area contributed by atoms with Gasteiger partial charge in [-0.3, -0.25) is 4.98 Å². The third-order valence-corrected chi connectivity index (χ3v) is 0.566. The van der Waals surface area contributed by atoms with Crippen molar-refractivity contribution in [1.82, 2.24) is 4.98 Å². The number of hydrogen-bond acceptors (Lipinski definition) is 1. The zero-order valence-electron chi connectivity index (χ0n) is 5.65. The van der Waals surface area contributed by atoms with Crippen molar-refractivity contribution in [2.45, 2.75) is 11.8 Å². The van der Waals surface area contributed by atoms with Crippen LogP contribution >= 0.6 is 0 Å². The van der Waals surface area contributed by atoms with Crippen LogP contribution in [-0.4, -0.2) is 4.98 Å². The molecule has 0 fully saturated rings. The Labute approximate surface area is 62.3 Å². The number of rotatable bonds is 0. The summed E-state index contributed by atoms with van der Waals surface area (Å²) >= 11 is 1.62. The predicted molar refractivity (Wildman–Crippen MR) is 36.0 cm³/mol. The van der Waals surface area contributed by atoms with Gasteiger partial charge in [0.2, 0.25) is 0 Å². The molecule has 0 aliphatic heterocycles. The molecule has 9 heavy (non-hydrogen) atoms. The van der Waals surface area contributed by atoms with E-state index in [0.29, 0.717) is 0 Å². The molecule has 1 rings (SSSR count). The monoisotopic (exact) mass is 167 g/mol. The van der Waals surface area contributed by atoms with Crippen LogP contribution in [0.25, 0.3) is 0 Å². The third kappa shape index (κ3) is 7.64. The Morgan fingerprint density at radius 2 is 1.44 bits per heavy atom. The van der Waals surface area contributed by atoms with Crippen molar-refractivity contribution >= 4 is 0 Å². The van der Waals surface area contributed by atoms with Gasteiger partial charge in [0.15, 0.2) is 0 Å². The topological polar surface area (TPSA) is 12.9 Å². The minimum Gasteiger partial charge on any atom is -0.265 e. The summed E-state index contributed by atoms with van der Waals surface area (Å²) in [7, 11) is 0. The molecule has 1 heterocycles. The van der Waals surface area contributed by atoms with Crippen LogP contribution in [0.3, 0.4) is 0 Å². The second-order valence-corrected chi connectivity index (χ2v) is 2.33. The van der Waals surface area contributed by atoms with E-state index in [-0.39, 0.29) is 0 Å². The van der Waals surface area contributed by atoms with E-state index >= 15 is 0 Å². The van der Waals surface area contributed by atoms with Crippen molar-refractivity contribution in [3.63, 3.8) is 0 Å². The predicted octanol–water partition coefficient (Wildman–Crippen LogP) is 2.25. The van der Waals surface area contributed by atoms with Gasteiger partial charge in [-0.2, -0.15) is 0 Å². The summed E-state index contributed by atoms with van der Waals surface area (Å²) in [6.45, 7) is 0. The minimum absolute atomic E-state index is 1.62. The molecule has 1 nitrogen and oxygen atoms in total. The largest absolute Gasteiger partial charge is 0.265 e. The van der Waals surface area contributed by atoms with Gasteiger partial charge in [-0.25, -0.2) is 0 Å². The van der Waals surface area contributed by atoms with Crippen molar-refractivity contribution in [3.8, 4) is 0 Å². The third-order valence-electron chi connectivity index (χ3n) is 0.566. The fraction of sp³-hybridized carbons (Fsp3) is 0.286. The Hall–Kier alpha value is -0.356. The van der Waals surface area contributed by atoms with Crippen LogP contribution in [0.1, 0.15) is 0 Å². The number of nitrogens with zero attached hydrogens (tertiary/aromatic N) is 1. The van der Waals surface area contributed by atoms with Gasteiger partial charge in [0.25, 0.3) is 0 Å². The standard InChI is InChI=1S/C5H5N.2CH3.Ni/c1-2-4-6-5-3-1;;;/h1-5H;2*1H3;. The fourth-order valence-corrected chi connectivity index (χ4v) is 0.313. The smallest absolute Gasteiger partial charge is 0.0267 e. The van der Waals surface area contributed by atoms with Crippen molar-refractivity contribution < 1.29 is 14.4 Å². The summed E-state index contributed by atoms with van der Waals surface area (Å²) in [5.41, 5.74) is 0. The van der Waals surface area contributed by atoms with Crippen LogP contribution in [0, 0.1) is 0 Å². The molecular weight excluding hydrogens is 157 g/mol. The maximum absolute atomic E-state index is 3.78. The van der Waals surface area contributed by atoms with Crippen molar-refractivity contribution in [3.05, 3.63) is 30.6 Å². The molecule has 0 aromatic carbocycles. The van der Waals surface area contributed by atoms with Crippen LogP contribution < -0.4 is 0 Å². The maximum atomic E-state index is 3.78. The molecule has 0 unspecified atom stereocenters. The molecule has 0 atom stereocenters. The molecule has 0 saturated heterocycles. The molecule has 0 radical (unpaired) electrons. The van der Waals surface area contributed by atoms with Crippen molar-refractivity contribution in [2.75, 3.05) is 0 Å². The van der Waals surface area contributed by atoms with Gasteiger partial charge in [0.1, 0.15) is 0 Å². The van der Waals surface area contributed by atoms with Crippen molar-refractivity contribution in [1.29, 1.82) is 0 Å². The van der Waals surface area contributed by atoms with Crippen LogP contribution in [0.5, 0.6) is 0 Å². The van der Waals surface area contributed by atoms with Crippen LogP contribution in [0.2, 0.25) is 11.8 Å². The fourth-order valence-electron chi connectivity index (χ4n) is 0.313. The maximum Gasteiger partial charge on any atom is 0.0267 e. The Balaban J connectivity index is 0.000000187. The van der Waals surface area contributed by atoms with E-state index < -0.39 is 0 Å². The first-order valence-corrected chi connectivity index (χ1v) is 4.46. The Morgan fingerprint density at radius 1 is 1.00 bits per heavy atom. The van der Waals surface area contributed by atoms with E-state index in [1.165, 1.54) is 0 Å². The Morgan fingerprint density at radius 3 is 1.56 bits per heavy atom. The molecule has 0 amide bonds. The number of pyridine rings is 1. The van der Waals surface area contributed by atoms with Crippen molar-refractivity contribution in [2.24, 2.45) is 0 Å². The normalized spacial score (nSPS) is 7.78. The molecule has 1 aromatic rings. The average Bonchev–Trinajstić information content (AvgIpc) is 1.93. The summed E-state index contributed by atoms with van der Waals surface area (Å²) in [5.74, 6) is 4.12. The first-order valence-electron chi connectivity index (χ1n) is 2.48. The first-order chi connectivity index (χ1) is 4.41. The molecule has 54 valence electrons. The molecule has 0 bridgehead atoms. The van der Waals surface area contributed by atoms with Crippen LogP contribution in [0.4, 0.5) is 0 Å². The second kappa shape index (κ2) is 7.64. The van der Waals surface area contributed by atoms with E-state index in [4.69, 9.17) is 0 Å². The number of hydrogen-bond donors (Lipinski definition) is 0. The summed E-state index contributed by atoms with van der Waals surface area (Å²) in [6.07, 6.45) is 3.50. The summed E-state index contributed by atoms with van der Waals surface area (Å²) < 4.78 is 0. The first kappa shape index (κ1) is 8.64. The summed E-state index contributed by atoms with van der Waals surface area (Å²) in [5, 5.41) is 0. The van der Waals surface area contributed by atoms with Gasteiger partial charge in [0, 0.05) is 12.4 Å². The molecule has 0 saturated carbocycles.